The van der Waals surface area contributed by atoms with Gasteiger partial charge in [-0.2, -0.15) is 0 Å². The van der Waals surface area contributed by atoms with Gasteiger partial charge in [0.05, 0.1) is 35.9 Å². The third kappa shape index (κ3) is 3.08. The molecule has 1 amide bonds. The molecular weight excluding hydrogens is 352 g/mol. The van der Waals surface area contributed by atoms with Gasteiger partial charge in [0.2, 0.25) is 11.9 Å². The van der Waals surface area contributed by atoms with Crippen LogP contribution in [0.2, 0.25) is 0 Å². The van der Waals surface area contributed by atoms with Crippen LogP contribution in [0, 0.1) is 5.92 Å². The third-order valence-corrected chi connectivity index (χ3v) is 5.97. The minimum absolute atomic E-state index is 0.0265. The van der Waals surface area contributed by atoms with Gasteiger partial charge >= 0.3 is 0 Å². The number of nitrogens with zero attached hydrogens (tertiary/aromatic N) is 2. The highest BCUT2D eigenvalue weighted by molar-refractivity contribution is 7.13. The highest BCUT2D eigenvalue weighted by Crippen LogP contribution is 2.32. The summed E-state index contributed by atoms with van der Waals surface area (Å²) in [6, 6.07) is 5.85. The van der Waals surface area contributed by atoms with E-state index in [0.29, 0.717) is 19.2 Å². The molecule has 136 valence electrons. The molecular formula is C18H20N4O3S. The van der Waals surface area contributed by atoms with Crippen molar-refractivity contribution >= 4 is 23.2 Å². The zero-order chi connectivity index (χ0) is 17.5. The minimum atomic E-state index is -0.115. The number of fused-ring (bicyclic) bond motifs is 1. The van der Waals surface area contributed by atoms with E-state index in [2.05, 4.69) is 20.6 Å². The van der Waals surface area contributed by atoms with Gasteiger partial charge in [0.25, 0.3) is 0 Å². The maximum absolute atomic E-state index is 12.0. The number of aromatic nitrogens is 2. The van der Waals surface area contributed by atoms with E-state index in [1.807, 2.05) is 23.6 Å². The first-order chi connectivity index (χ1) is 12.8. The molecule has 5 rings (SSSR count). The number of rotatable bonds is 5. The predicted octanol–water partition coefficient (Wildman–Crippen LogP) is 1.68. The van der Waals surface area contributed by atoms with Crippen LogP contribution in [0.3, 0.4) is 0 Å². The van der Waals surface area contributed by atoms with E-state index in [9.17, 15) is 4.79 Å². The highest BCUT2D eigenvalue weighted by Gasteiger charge is 2.49. The van der Waals surface area contributed by atoms with Crippen molar-refractivity contribution in [3.05, 3.63) is 29.8 Å². The lowest BCUT2D eigenvalue weighted by Crippen LogP contribution is -2.45. The van der Waals surface area contributed by atoms with Crippen molar-refractivity contribution in [1.82, 2.24) is 15.3 Å². The Kier molecular flexibility index (Phi) is 4.11. The minimum Gasteiger partial charge on any atom is -0.371 e. The first kappa shape index (κ1) is 16.2. The molecule has 26 heavy (non-hydrogen) atoms. The molecule has 0 radical (unpaired) electrons. The molecule has 2 saturated heterocycles. The summed E-state index contributed by atoms with van der Waals surface area (Å²) in [6.07, 6.45) is 3.53. The molecule has 1 saturated carbocycles. The summed E-state index contributed by atoms with van der Waals surface area (Å²) in [6.45, 7) is 1.000. The van der Waals surface area contributed by atoms with Gasteiger partial charge in [0, 0.05) is 12.1 Å². The molecule has 7 nitrogen and oxygen atoms in total. The van der Waals surface area contributed by atoms with E-state index in [0.717, 1.165) is 23.4 Å². The maximum atomic E-state index is 12.0. The number of anilines is 1. The fraction of sp³-hybridized carbons (Fsp3) is 0.500. The summed E-state index contributed by atoms with van der Waals surface area (Å²) < 4.78 is 11.8. The first-order valence-electron chi connectivity index (χ1n) is 8.95. The molecule has 0 bridgehead atoms. The quantitative estimate of drug-likeness (QED) is 0.831. The summed E-state index contributed by atoms with van der Waals surface area (Å²) in [7, 11) is 0. The molecule has 3 fully saturated rings. The Bertz CT molecular complexity index is 795. The molecule has 4 atom stereocenters. The summed E-state index contributed by atoms with van der Waals surface area (Å²) in [5.74, 6) is 0.892. The van der Waals surface area contributed by atoms with E-state index in [1.165, 1.54) is 0 Å². The summed E-state index contributed by atoms with van der Waals surface area (Å²) in [5, 5.41) is 8.45. The molecule has 8 heteroatoms. The van der Waals surface area contributed by atoms with E-state index in [-0.39, 0.29) is 36.1 Å². The fourth-order valence-electron chi connectivity index (χ4n) is 3.55. The zero-order valence-electron chi connectivity index (χ0n) is 14.1. The van der Waals surface area contributed by atoms with Crippen molar-refractivity contribution in [1.29, 1.82) is 0 Å². The number of hydrogen-bond acceptors (Lipinski definition) is 7. The third-order valence-electron chi connectivity index (χ3n) is 5.07. The normalized spacial score (nSPS) is 30.2. The molecule has 3 aliphatic rings. The second kappa shape index (κ2) is 6.61. The van der Waals surface area contributed by atoms with Crippen LogP contribution >= 0.6 is 11.3 Å². The average molecular weight is 372 g/mol. The molecule has 2 aromatic heterocycles. The van der Waals surface area contributed by atoms with Crippen molar-refractivity contribution in [3.63, 3.8) is 0 Å². The number of hydrogen-bond donors (Lipinski definition) is 2. The Morgan fingerprint density at radius 1 is 1.15 bits per heavy atom. The number of carbonyl (C=O) groups excluding carboxylic acids is 1. The van der Waals surface area contributed by atoms with Crippen molar-refractivity contribution in [2.45, 2.75) is 37.1 Å². The van der Waals surface area contributed by atoms with Gasteiger partial charge in [-0.05, 0) is 30.4 Å². The predicted molar refractivity (Wildman–Crippen MR) is 96.9 cm³/mol. The fourth-order valence-corrected chi connectivity index (χ4v) is 4.24. The maximum Gasteiger partial charge on any atom is 0.223 e. The van der Waals surface area contributed by atoms with Crippen molar-refractivity contribution in [2.24, 2.45) is 5.92 Å². The lowest BCUT2D eigenvalue weighted by atomic mass is 10.1. The van der Waals surface area contributed by atoms with E-state index in [4.69, 9.17) is 9.47 Å². The van der Waals surface area contributed by atoms with Gasteiger partial charge in [-0.3, -0.25) is 4.79 Å². The largest absolute Gasteiger partial charge is 0.371 e. The molecule has 0 spiro atoms. The topological polar surface area (TPSA) is 85.4 Å². The van der Waals surface area contributed by atoms with Gasteiger partial charge in [0.1, 0.15) is 12.2 Å². The van der Waals surface area contributed by atoms with Crippen LogP contribution in [-0.2, 0) is 14.3 Å². The SMILES string of the molecule is O=C(N[C@H]1CO[C@H]2[C@@H]1OC[C@@H]2Nc1nccc(-c2cccs2)n1)C1CC1. The van der Waals surface area contributed by atoms with Gasteiger partial charge in [-0.25, -0.2) is 9.97 Å². The molecule has 2 aromatic rings. The standard InChI is InChI=1S/C18H20N4O3S/c23-17(10-3-4-10)20-12-8-24-16-13(9-25-15(12)16)22-18-19-6-5-11(21-18)14-2-1-7-26-14/h1-2,5-7,10,12-13,15-16H,3-4,8-9H2,(H,20,23)(H,19,21,22)/t12-,13-,15+,16+/m0/s1. The van der Waals surface area contributed by atoms with Gasteiger partial charge < -0.3 is 20.1 Å². The van der Waals surface area contributed by atoms with Crippen LogP contribution < -0.4 is 10.6 Å². The average Bonchev–Trinajstić information content (AvgIpc) is 3.06. The van der Waals surface area contributed by atoms with E-state index in [1.54, 1.807) is 17.5 Å². The lowest BCUT2D eigenvalue weighted by Gasteiger charge is -2.18. The second-order valence-electron chi connectivity index (χ2n) is 6.98. The van der Waals surface area contributed by atoms with Gasteiger partial charge in [0.15, 0.2) is 0 Å². The number of nitrogens with one attached hydrogen (secondary N) is 2. The monoisotopic (exact) mass is 372 g/mol. The highest BCUT2D eigenvalue weighted by atomic mass is 32.1. The molecule has 2 N–H and O–H groups in total. The Labute approximate surface area is 155 Å². The van der Waals surface area contributed by atoms with Crippen LogP contribution in [0.5, 0.6) is 0 Å². The van der Waals surface area contributed by atoms with Crippen LogP contribution in [0.25, 0.3) is 10.6 Å². The number of ether oxygens (including phenoxy) is 2. The smallest absolute Gasteiger partial charge is 0.223 e. The van der Waals surface area contributed by atoms with E-state index < -0.39 is 0 Å². The van der Waals surface area contributed by atoms with Crippen LogP contribution in [0.1, 0.15) is 12.8 Å². The summed E-state index contributed by atoms with van der Waals surface area (Å²) >= 11 is 1.65. The molecule has 0 aromatic carbocycles. The van der Waals surface area contributed by atoms with Crippen molar-refractivity contribution in [3.8, 4) is 10.6 Å². The van der Waals surface area contributed by atoms with Gasteiger partial charge in [-0.15, -0.1) is 11.3 Å². The Balaban J connectivity index is 1.25. The first-order valence-corrected chi connectivity index (χ1v) is 9.83. The summed E-state index contributed by atoms with van der Waals surface area (Å²) in [4.78, 5) is 22.0. The Morgan fingerprint density at radius 3 is 2.73 bits per heavy atom. The summed E-state index contributed by atoms with van der Waals surface area (Å²) in [5.41, 5.74) is 0.898. The number of carbonyl (C=O) groups is 1. The number of thiophene rings is 1. The van der Waals surface area contributed by atoms with Crippen LogP contribution in [-0.4, -0.2) is 53.4 Å². The second-order valence-corrected chi connectivity index (χ2v) is 7.93. The van der Waals surface area contributed by atoms with Gasteiger partial charge in [-0.1, -0.05) is 6.07 Å². The molecule has 4 heterocycles. The molecule has 0 unspecified atom stereocenters. The molecule has 1 aliphatic carbocycles. The number of amides is 1. The van der Waals surface area contributed by atoms with Crippen molar-refractivity contribution in [2.75, 3.05) is 18.5 Å². The van der Waals surface area contributed by atoms with E-state index >= 15 is 0 Å². The molecule has 2 aliphatic heterocycles. The zero-order valence-corrected chi connectivity index (χ0v) is 14.9. The Hall–Kier alpha value is -2.03. The van der Waals surface area contributed by atoms with Crippen LogP contribution in [0.15, 0.2) is 29.8 Å². The lowest BCUT2D eigenvalue weighted by molar-refractivity contribution is -0.123. The van der Waals surface area contributed by atoms with Crippen molar-refractivity contribution < 1.29 is 14.3 Å². The van der Waals surface area contributed by atoms with Crippen LogP contribution in [0.4, 0.5) is 5.95 Å². The Morgan fingerprint density at radius 2 is 1.96 bits per heavy atom.